The summed E-state index contributed by atoms with van der Waals surface area (Å²) < 4.78 is 0. The molecular formula is C15H22O3. The van der Waals surface area contributed by atoms with Crippen molar-refractivity contribution in [3.8, 4) is 0 Å². The Kier molecular flexibility index (Phi) is 4.52. The Morgan fingerprint density at radius 1 is 1.28 bits per heavy atom. The van der Waals surface area contributed by atoms with Crippen molar-refractivity contribution in [3.63, 3.8) is 0 Å². The van der Waals surface area contributed by atoms with Gasteiger partial charge in [0.25, 0.3) is 0 Å². The lowest BCUT2D eigenvalue weighted by atomic mass is 9.79. The summed E-state index contributed by atoms with van der Waals surface area (Å²) in [6.45, 7) is 7.41. The molecule has 0 aliphatic rings. The van der Waals surface area contributed by atoms with Crippen molar-refractivity contribution in [2.45, 2.75) is 46.1 Å². The zero-order valence-electron chi connectivity index (χ0n) is 11.5. The van der Waals surface area contributed by atoms with Crippen molar-refractivity contribution >= 4 is 5.97 Å². The second kappa shape index (κ2) is 5.53. The Morgan fingerprint density at radius 2 is 1.78 bits per heavy atom. The molecule has 2 atom stereocenters. The van der Waals surface area contributed by atoms with E-state index in [-0.39, 0.29) is 0 Å². The number of aliphatic hydroxyl groups is 1. The molecule has 18 heavy (non-hydrogen) atoms. The van der Waals surface area contributed by atoms with Crippen molar-refractivity contribution < 1.29 is 15.0 Å². The Labute approximate surface area is 108 Å². The molecule has 1 aromatic rings. The Morgan fingerprint density at radius 3 is 2.17 bits per heavy atom. The minimum absolute atomic E-state index is 0.468. The summed E-state index contributed by atoms with van der Waals surface area (Å²) in [4.78, 5) is 11.3. The van der Waals surface area contributed by atoms with Gasteiger partial charge in [-0.05, 0) is 32.8 Å². The van der Waals surface area contributed by atoms with Gasteiger partial charge in [-0.15, -0.1) is 0 Å². The van der Waals surface area contributed by atoms with E-state index < -0.39 is 17.5 Å². The van der Waals surface area contributed by atoms with Gasteiger partial charge >= 0.3 is 5.97 Å². The molecule has 0 aromatic heterocycles. The highest BCUT2D eigenvalue weighted by Crippen LogP contribution is 2.33. The fourth-order valence-corrected chi connectivity index (χ4v) is 2.40. The van der Waals surface area contributed by atoms with Crippen molar-refractivity contribution in [3.05, 3.63) is 34.9 Å². The van der Waals surface area contributed by atoms with Crippen LogP contribution in [-0.2, 0) is 10.4 Å². The first-order chi connectivity index (χ1) is 8.28. The van der Waals surface area contributed by atoms with E-state index in [0.717, 1.165) is 17.5 Å². The molecule has 3 nitrogen and oxygen atoms in total. The highest BCUT2D eigenvalue weighted by atomic mass is 16.4. The highest BCUT2D eigenvalue weighted by Gasteiger charge is 2.38. The molecule has 0 amide bonds. The first-order valence-electron chi connectivity index (χ1n) is 6.33. The Hall–Kier alpha value is -1.35. The van der Waals surface area contributed by atoms with E-state index in [9.17, 15) is 15.0 Å². The summed E-state index contributed by atoms with van der Waals surface area (Å²) in [5, 5.41) is 19.9. The summed E-state index contributed by atoms with van der Waals surface area (Å²) in [6.07, 6.45) is 1.20. The van der Waals surface area contributed by atoms with Crippen LogP contribution in [0.15, 0.2) is 18.2 Å². The van der Waals surface area contributed by atoms with Crippen LogP contribution in [0.4, 0.5) is 0 Å². The molecule has 1 aromatic carbocycles. The largest absolute Gasteiger partial charge is 0.481 e. The molecule has 100 valence electrons. The Bertz CT molecular complexity index is 415. The van der Waals surface area contributed by atoms with Gasteiger partial charge in [-0.25, -0.2) is 0 Å². The molecule has 0 fully saturated rings. The predicted octanol–water partition coefficient (Wildman–Crippen LogP) is 3.01. The number of hydrogen-bond acceptors (Lipinski definition) is 2. The molecule has 0 aliphatic carbocycles. The van der Waals surface area contributed by atoms with E-state index in [0.29, 0.717) is 12.0 Å². The molecule has 0 heterocycles. The topological polar surface area (TPSA) is 57.5 Å². The number of benzene rings is 1. The van der Waals surface area contributed by atoms with Gasteiger partial charge in [-0.3, -0.25) is 4.79 Å². The van der Waals surface area contributed by atoms with Crippen LogP contribution in [-0.4, -0.2) is 16.2 Å². The smallest absolute Gasteiger partial charge is 0.309 e. The van der Waals surface area contributed by atoms with Crippen LogP contribution >= 0.6 is 0 Å². The summed E-state index contributed by atoms with van der Waals surface area (Å²) in [6, 6.07) is 5.73. The third-order valence-electron chi connectivity index (χ3n) is 3.36. The summed E-state index contributed by atoms with van der Waals surface area (Å²) in [5.74, 6) is -1.72. The van der Waals surface area contributed by atoms with Crippen LogP contribution in [0.5, 0.6) is 0 Å². The maximum Gasteiger partial charge on any atom is 0.309 e. The summed E-state index contributed by atoms with van der Waals surface area (Å²) in [5.41, 5.74) is 1.41. The number of aliphatic carboxylic acids is 1. The van der Waals surface area contributed by atoms with Crippen LogP contribution in [0, 0.1) is 19.8 Å². The van der Waals surface area contributed by atoms with Gasteiger partial charge in [-0.2, -0.15) is 0 Å². The zero-order chi connectivity index (χ0) is 13.9. The standard InChI is InChI=1S/C15H22O3/c1-5-6-13(14(16)17)15(4,18)12-8-10(2)7-11(3)9-12/h7-9,13,18H,5-6H2,1-4H3,(H,16,17). The molecule has 0 bridgehead atoms. The van der Waals surface area contributed by atoms with Crippen LogP contribution in [0.25, 0.3) is 0 Å². The lowest BCUT2D eigenvalue weighted by Crippen LogP contribution is -2.37. The van der Waals surface area contributed by atoms with Crippen LogP contribution in [0.2, 0.25) is 0 Å². The molecule has 0 aliphatic heterocycles. The molecule has 2 N–H and O–H groups in total. The van der Waals surface area contributed by atoms with Crippen LogP contribution < -0.4 is 0 Å². The number of carboxylic acid groups (broad SMARTS) is 1. The highest BCUT2D eigenvalue weighted by molar-refractivity contribution is 5.72. The first kappa shape index (κ1) is 14.7. The van der Waals surface area contributed by atoms with E-state index >= 15 is 0 Å². The van der Waals surface area contributed by atoms with E-state index in [1.807, 2.05) is 39.0 Å². The fourth-order valence-electron chi connectivity index (χ4n) is 2.40. The number of hydrogen-bond donors (Lipinski definition) is 2. The molecule has 2 unspecified atom stereocenters. The van der Waals surface area contributed by atoms with E-state index in [4.69, 9.17) is 0 Å². The second-order valence-electron chi connectivity index (χ2n) is 5.20. The number of rotatable bonds is 5. The van der Waals surface area contributed by atoms with Crippen molar-refractivity contribution in [1.82, 2.24) is 0 Å². The maximum atomic E-state index is 11.3. The van der Waals surface area contributed by atoms with Gasteiger partial charge in [0.2, 0.25) is 0 Å². The number of carboxylic acids is 1. The fraction of sp³-hybridized carbons (Fsp3) is 0.533. The van der Waals surface area contributed by atoms with Crippen LogP contribution in [0.3, 0.4) is 0 Å². The lowest BCUT2D eigenvalue weighted by molar-refractivity contribution is -0.152. The van der Waals surface area contributed by atoms with E-state index in [2.05, 4.69) is 0 Å². The zero-order valence-corrected chi connectivity index (χ0v) is 11.5. The minimum Gasteiger partial charge on any atom is -0.481 e. The number of carbonyl (C=O) groups is 1. The van der Waals surface area contributed by atoms with Gasteiger partial charge in [0.05, 0.1) is 5.92 Å². The average Bonchev–Trinajstić information content (AvgIpc) is 2.23. The normalized spacial score (nSPS) is 16.1. The molecule has 3 heteroatoms. The molecular weight excluding hydrogens is 228 g/mol. The van der Waals surface area contributed by atoms with Gasteiger partial charge < -0.3 is 10.2 Å². The maximum absolute atomic E-state index is 11.3. The summed E-state index contributed by atoms with van der Waals surface area (Å²) in [7, 11) is 0. The molecule has 1 rings (SSSR count). The van der Waals surface area contributed by atoms with Crippen molar-refractivity contribution in [2.24, 2.45) is 5.92 Å². The third-order valence-corrected chi connectivity index (χ3v) is 3.36. The van der Waals surface area contributed by atoms with Gasteiger partial charge in [0, 0.05) is 0 Å². The number of aryl methyl sites for hydroxylation is 2. The molecule has 0 radical (unpaired) electrons. The van der Waals surface area contributed by atoms with Crippen molar-refractivity contribution in [2.75, 3.05) is 0 Å². The first-order valence-corrected chi connectivity index (χ1v) is 6.33. The lowest BCUT2D eigenvalue weighted by Gasteiger charge is -2.31. The van der Waals surface area contributed by atoms with Gasteiger partial charge in [0.15, 0.2) is 0 Å². The second-order valence-corrected chi connectivity index (χ2v) is 5.20. The monoisotopic (exact) mass is 250 g/mol. The van der Waals surface area contributed by atoms with Gasteiger partial charge in [-0.1, -0.05) is 42.7 Å². The van der Waals surface area contributed by atoms with E-state index in [1.165, 1.54) is 0 Å². The predicted molar refractivity (Wildman–Crippen MR) is 71.5 cm³/mol. The van der Waals surface area contributed by atoms with Gasteiger partial charge in [0.1, 0.15) is 5.60 Å². The molecule has 0 saturated heterocycles. The quantitative estimate of drug-likeness (QED) is 0.844. The SMILES string of the molecule is CCCC(C(=O)O)C(C)(O)c1cc(C)cc(C)c1. The Balaban J connectivity index is 3.20. The minimum atomic E-state index is -1.33. The summed E-state index contributed by atoms with van der Waals surface area (Å²) >= 11 is 0. The van der Waals surface area contributed by atoms with Crippen LogP contribution in [0.1, 0.15) is 43.4 Å². The molecule has 0 saturated carbocycles. The average molecular weight is 250 g/mol. The van der Waals surface area contributed by atoms with Crippen molar-refractivity contribution in [1.29, 1.82) is 0 Å². The van der Waals surface area contributed by atoms with E-state index in [1.54, 1.807) is 6.92 Å². The third kappa shape index (κ3) is 3.10. The molecule has 0 spiro atoms.